The third-order valence-electron chi connectivity index (χ3n) is 3.98. The average molecular weight is 354 g/mol. The Morgan fingerprint density at radius 1 is 0.885 bits per heavy atom. The number of H-pyrrole nitrogens is 1. The van der Waals surface area contributed by atoms with Gasteiger partial charge < -0.3 is 10.3 Å². The maximum absolute atomic E-state index is 12.8. The van der Waals surface area contributed by atoms with Crippen LogP contribution in [-0.4, -0.2) is 15.0 Å². The Morgan fingerprint density at radius 2 is 1.73 bits per heavy atom. The molecule has 0 aliphatic carbocycles. The molecule has 2 heterocycles. The van der Waals surface area contributed by atoms with Gasteiger partial charge in [0.25, 0.3) is 0 Å². The van der Waals surface area contributed by atoms with Crippen molar-refractivity contribution in [2.24, 2.45) is 0 Å². The Bertz CT molecular complexity index is 1070. The number of imidazole rings is 1. The Morgan fingerprint density at radius 3 is 2.58 bits per heavy atom. The molecule has 4 rings (SSSR count). The van der Waals surface area contributed by atoms with E-state index in [0.29, 0.717) is 11.5 Å². The van der Waals surface area contributed by atoms with Crippen molar-refractivity contribution in [3.8, 4) is 11.1 Å². The molecule has 2 aromatic heterocycles. The molecule has 0 aliphatic rings. The molecule has 0 aliphatic heterocycles. The first-order valence-electron chi connectivity index (χ1n) is 7.83. The Labute approximate surface area is 146 Å². The Hall–Kier alpha value is -3.35. The van der Waals surface area contributed by atoms with Gasteiger partial charge in [-0.3, -0.25) is 0 Å². The number of hydrogen-bond acceptors (Lipinski definition) is 3. The van der Waals surface area contributed by atoms with Crippen molar-refractivity contribution in [3.63, 3.8) is 0 Å². The van der Waals surface area contributed by atoms with Gasteiger partial charge >= 0.3 is 6.18 Å². The van der Waals surface area contributed by atoms with E-state index in [0.717, 1.165) is 34.3 Å². The average Bonchev–Trinajstić information content (AvgIpc) is 3.09. The van der Waals surface area contributed by atoms with Gasteiger partial charge in [0.1, 0.15) is 5.82 Å². The molecule has 0 saturated heterocycles. The molecule has 2 aromatic carbocycles. The highest BCUT2D eigenvalue weighted by Crippen LogP contribution is 2.31. The molecule has 0 saturated carbocycles. The topological polar surface area (TPSA) is 53.6 Å². The Balaban J connectivity index is 1.64. The fourth-order valence-corrected chi connectivity index (χ4v) is 2.71. The van der Waals surface area contributed by atoms with E-state index in [-0.39, 0.29) is 0 Å². The molecule has 0 fully saturated rings. The van der Waals surface area contributed by atoms with Crippen molar-refractivity contribution in [2.75, 3.05) is 5.32 Å². The maximum Gasteiger partial charge on any atom is 0.416 e. The summed E-state index contributed by atoms with van der Waals surface area (Å²) in [5.74, 6) is 0.462. The third-order valence-corrected chi connectivity index (χ3v) is 3.98. The zero-order valence-corrected chi connectivity index (χ0v) is 13.4. The predicted octanol–water partition coefficient (Wildman–Crippen LogP) is 5.39. The molecule has 0 spiro atoms. The second-order valence-electron chi connectivity index (χ2n) is 5.77. The van der Waals surface area contributed by atoms with E-state index in [1.165, 1.54) is 6.07 Å². The highest BCUT2D eigenvalue weighted by molar-refractivity contribution is 5.82. The number of aromatic nitrogens is 3. The van der Waals surface area contributed by atoms with E-state index < -0.39 is 11.7 Å². The molecule has 26 heavy (non-hydrogen) atoms. The summed E-state index contributed by atoms with van der Waals surface area (Å²) in [5, 5.41) is 2.93. The quantitative estimate of drug-likeness (QED) is 0.519. The number of pyridine rings is 1. The number of alkyl halides is 3. The molecule has 7 heteroatoms. The second kappa shape index (κ2) is 6.18. The minimum atomic E-state index is -4.38. The lowest BCUT2D eigenvalue weighted by Crippen LogP contribution is -2.05. The molecular formula is C19H13F3N4. The van der Waals surface area contributed by atoms with Gasteiger partial charge in [-0.25, -0.2) is 9.97 Å². The predicted molar refractivity (Wildman–Crippen MR) is 94.1 cm³/mol. The van der Waals surface area contributed by atoms with E-state index in [4.69, 9.17) is 0 Å². The van der Waals surface area contributed by atoms with Crippen LogP contribution in [0.25, 0.3) is 22.2 Å². The summed E-state index contributed by atoms with van der Waals surface area (Å²) >= 11 is 0. The monoisotopic (exact) mass is 354 g/mol. The fraction of sp³-hybridized carbons (Fsp3) is 0.0526. The lowest BCUT2D eigenvalue weighted by molar-refractivity contribution is -0.137. The standard InChI is InChI=1S/C19H13F3N4/c20-19(21,22)14-2-1-3-15(10-14)26-18-9-13(6-7-23-18)12-4-5-16-17(8-12)25-11-24-16/h1-11H,(H,23,26)(H,24,25). The highest BCUT2D eigenvalue weighted by Gasteiger charge is 2.30. The number of anilines is 2. The van der Waals surface area contributed by atoms with Crippen LogP contribution in [0.2, 0.25) is 0 Å². The maximum atomic E-state index is 12.8. The van der Waals surface area contributed by atoms with Crippen LogP contribution >= 0.6 is 0 Å². The smallest absolute Gasteiger partial charge is 0.345 e. The van der Waals surface area contributed by atoms with Gasteiger partial charge in [-0.2, -0.15) is 13.2 Å². The number of rotatable bonds is 3. The number of hydrogen-bond donors (Lipinski definition) is 2. The number of aromatic amines is 1. The molecule has 0 unspecified atom stereocenters. The molecule has 4 aromatic rings. The lowest BCUT2D eigenvalue weighted by atomic mass is 10.1. The van der Waals surface area contributed by atoms with Crippen molar-refractivity contribution in [1.82, 2.24) is 15.0 Å². The van der Waals surface area contributed by atoms with Crippen LogP contribution in [0.15, 0.2) is 67.1 Å². The van der Waals surface area contributed by atoms with E-state index in [1.807, 2.05) is 24.3 Å². The van der Waals surface area contributed by atoms with Crippen molar-refractivity contribution >= 4 is 22.5 Å². The van der Waals surface area contributed by atoms with E-state index in [1.54, 1.807) is 24.7 Å². The third kappa shape index (κ3) is 3.23. The first-order valence-corrected chi connectivity index (χ1v) is 7.83. The molecular weight excluding hydrogens is 341 g/mol. The molecule has 130 valence electrons. The van der Waals surface area contributed by atoms with Crippen LogP contribution in [0.3, 0.4) is 0 Å². The number of fused-ring (bicyclic) bond motifs is 1. The Kier molecular flexibility index (Phi) is 3.84. The number of nitrogens with zero attached hydrogens (tertiary/aromatic N) is 2. The number of nitrogens with one attached hydrogen (secondary N) is 2. The zero-order chi connectivity index (χ0) is 18.1. The van der Waals surface area contributed by atoms with Crippen LogP contribution < -0.4 is 5.32 Å². The van der Waals surface area contributed by atoms with Crippen molar-refractivity contribution in [2.45, 2.75) is 6.18 Å². The van der Waals surface area contributed by atoms with Gasteiger partial charge in [0, 0.05) is 11.9 Å². The molecule has 4 nitrogen and oxygen atoms in total. The minimum Gasteiger partial charge on any atom is -0.345 e. The number of halogens is 3. The molecule has 0 radical (unpaired) electrons. The molecule has 0 bridgehead atoms. The zero-order valence-electron chi connectivity index (χ0n) is 13.4. The van der Waals surface area contributed by atoms with Gasteiger partial charge in [-0.05, 0) is 53.6 Å². The fourth-order valence-electron chi connectivity index (χ4n) is 2.71. The van der Waals surface area contributed by atoms with Gasteiger partial charge in [0.2, 0.25) is 0 Å². The van der Waals surface area contributed by atoms with Crippen LogP contribution in [0, 0.1) is 0 Å². The van der Waals surface area contributed by atoms with Crippen LogP contribution in [-0.2, 0) is 6.18 Å². The van der Waals surface area contributed by atoms with E-state index >= 15 is 0 Å². The molecule has 2 N–H and O–H groups in total. The van der Waals surface area contributed by atoms with Crippen molar-refractivity contribution < 1.29 is 13.2 Å². The summed E-state index contributed by atoms with van der Waals surface area (Å²) in [7, 11) is 0. The first kappa shape index (κ1) is 16.1. The van der Waals surface area contributed by atoms with Crippen LogP contribution in [0.4, 0.5) is 24.7 Å². The van der Waals surface area contributed by atoms with E-state index in [9.17, 15) is 13.2 Å². The van der Waals surface area contributed by atoms with Crippen molar-refractivity contribution in [1.29, 1.82) is 0 Å². The SMILES string of the molecule is FC(F)(F)c1cccc(Nc2cc(-c3ccc4[nH]cnc4c3)ccn2)c1. The number of benzene rings is 2. The van der Waals surface area contributed by atoms with Crippen molar-refractivity contribution in [3.05, 3.63) is 72.7 Å². The van der Waals surface area contributed by atoms with Gasteiger partial charge in [-0.15, -0.1) is 0 Å². The summed E-state index contributed by atoms with van der Waals surface area (Å²) < 4.78 is 38.5. The summed E-state index contributed by atoms with van der Waals surface area (Å²) in [6, 6.07) is 14.5. The molecule has 0 amide bonds. The normalized spacial score (nSPS) is 11.7. The highest BCUT2D eigenvalue weighted by atomic mass is 19.4. The summed E-state index contributed by atoms with van der Waals surface area (Å²) in [6.45, 7) is 0. The largest absolute Gasteiger partial charge is 0.416 e. The minimum absolute atomic E-state index is 0.326. The summed E-state index contributed by atoms with van der Waals surface area (Å²) in [5.41, 5.74) is 3.23. The van der Waals surface area contributed by atoms with Crippen LogP contribution in [0.1, 0.15) is 5.56 Å². The van der Waals surface area contributed by atoms with Gasteiger partial charge in [0.15, 0.2) is 0 Å². The van der Waals surface area contributed by atoms with Gasteiger partial charge in [-0.1, -0.05) is 12.1 Å². The summed E-state index contributed by atoms with van der Waals surface area (Å²) in [6.07, 6.45) is -1.15. The van der Waals surface area contributed by atoms with Crippen LogP contribution in [0.5, 0.6) is 0 Å². The lowest BCUT2D eigenvalue weighted by Gasteiger charge is -2.11. The molecule has 0 atom stereocenters. The second-order valence-corrected chi connectivity index (χ2v) is 5.77. The van der Waals surface area contributed by atoms with E-state index in [2.05, 4.69) is 20.3 Å². The summed E-state index contributed by atoms with van der Waals surface area (Å²) in [4.78, 5) is 11.5. The van der Waals surface area contributed by atoms with Gasteiger partial charge in [0.05, 0.1) is 22.9 Å². The first-order chi connectivity index (χ1) is 12.5.